The number of aromatic amines is 1. The molecule has 1 aromatic heterocycles. The van der Waals surface area contributed by atoms with Crippen molar-refractivity contribution < 1.29 is 40.6 Å². The fourth-order valence-corrected chi connectivity index (χ4v) is 1.34. The van der Waals surface area contributed by atoms with E-state index in [0.717, 1.165) is 7.11 Å². The van der Waals surface area contributed by atoms with E-state index in [9.17, 15) is 35.9 Å². The lowest BCUT2D eigenvalue weighted by molar-refractivity contribution is -0.277. The van der Waals surface area contributed by atoms with E-state index in [1.165, 1.54) is 4.98 Å². The van der Waals surface area contributed by atoms with Gasteiger partial charge in [0, 0.05) is 11.8 Å². The molecular formula is C10H7F6NO4. The second-order valence-electron chi connectivity index (χ2n) is 3.66. The summed E-state index contributed by atoms with van der Waals surface area (Å²) in [5.74, 6) is -2.92. The Morgan fingerprint density at radius 2 is 1.81 bits per heavy atom. The summed E-state index contributed by atoms with van der Waals surface area (Å²) in [5, 5.41) is 0. The van der Waals surface area contributed by atoms with E-state index in [0.29, 0.717) is 6.07 Å². The summed E-state index contributed by atoms with van der Waals surface area (Å²) in [6, 6.07) is 0.396. The number of H-pyrrole nitrogens is 1. The fraction of sp³-hybridized carbons (Fsp3) is 0.400. The summed E-state index contributed by atoms with van der Waals surface area (Å²) < 4.78 is 81.4. The van der Waals surface area contributed by atoms with Gasteiger partial charge in [-0.1, -0.05) is 0 Å². The van der Waals surface area contributed by atoms with Crippen molar-refractivity contribution in [1.82, 2.24) is 4.98 Å². The highest BCUT2D eigenvalue weighted by Crippen LogP contribution is 2.35. The second kappa shape index (κ2) is 5.66. The molecule has 0 aliphatic heterocycles. The van der Waals surface area contributed by atoms with Crippen LogP contribution in [0, 0.1) is 0 Å². The van der Waals surface area contributed by atoms with Crippen molar-refractivity contribution in [3.8, 4) is 5.75 Å². The van der Waals surface area contributed by atoms with Crippen LogP contribution in [0.3, 0.4) is 0 Å². The standard InChI is InChI=1S/C10H7F6NO4/c1-20-6(19)3-4-2-5(18)7(21-10(14,15)16)8(17-4)9(11,12)13/h2H,3H2,1H3,(H,17,18). The van der Waals surface area contributed by atoms with Crippen molar-refractivity contribution in [2.75, 3.05) is 7.11 Å². The molecule has 0 spiro atoms. The summed E-state index contributed by atoms with van der Waals surface area (Å²) in [6.45, 7) is 0. The molecular weight excluding hydrogens is 312 g/mol. The van der Waals surface area contributed by atoms with Crippen molar-refractivity contribution in [3.63, 3.8) is 0 Å². The van der Waals surface area contributed by atoms with Crippen LogP contribution in [0.5, 0.6) is 5.75 Å². The number of hydrogen-bond donors (Lipinski definition) is 1. The van der Waals surface area contributed by atoms with E-state index in [2.05, 4.69) is 9.47 Å². The molecule has 0 bridgehead atoms. The summed E-state index contributed by atoms with van der Waals surface area (Å²) in [5.41, 5.74) is -4.27. The Kier molecular flexibility index (Phi) is 4.54. The molecule has 1 heterocycles. The molecule has 5 nitrogen and oxygen atoms in total. The number of halogens is 6. The van der Waals surface area contributed by atoms with Gasteiger partial charge in [-0.3, -0.25) is 9.59 Å². The largest absolute Gasteiger partial charge is 0.573 e. The summed E-state index contributed by atoms with van der Waals surface area (Å²) in [7, 11) is 0.951. The van der Waals surface area contributed by atoms with Crippen LogP contribution in [-0.2, 0) is 22.1 Å². The average Bonchev–Trinajstić information content (AvgIpc) is 2.29. The lowest BCUT2D eigenvalue weighted by Crippen LogP contribution is -2.27. The quantitative estimate of drug-likeness (QED) is 0.683. The Morgan fingerprint density at radius 1 is 1.24 bits per heavy atom. The van der Waals surface area contributed by atoms with Gasteiger partial charge < -0.3 is 14.5 Å². The Morgan fingerprint density at radius 3 is 2.24 bits per heavy atom. The topological polar surface area (TPSA) is 68.4 Å². The van der Waals surface area contributed by atoms with E-state index in [4.69, 9.17) is 0 Å². The third-order valence-electron chi connectivity index (χ3n) is 2.11. The highest BCUT2D eigenvalue weighted by molar-refractivity contribution is 5.71. The Bertz CT molecular complexity index is 589. The van der Waals surface area contributed by atoms with Crippen molar-refractivity contribution in [1.29, 1.82) is 0 Å². The van der Waals surface area contributed by atoms with Crippen LogP contribution in [0.15, 0.2) is 10.9 Å². The molecule has 0 saturated carbocycles. The summed E-state index contributed by atoms with van der Waals surface area (Å²) in [4.78, 5) is 23.8. The van der Waals surface area contributed by atoms with E-state index in [-0.39, 0.29) is 0 Å². The molecule has 118 valence electrons. The molecule has 0 unspecified atom stereocenters. The number of carbonyl (C=O) groups is 1. The minimum atomic E-state index is -5.48. The molecule has 0 radical (unpaired) electrons. The Labute approximate surface area is 112 Å². The Balaban J connectivity index is 3.39. The van der Waals surface area contributed by atoms with Gasteiger partial charge in [-0.25, -0.2) is 0 Å². The monoisotopic (exact) mass is 319 g/mol. The molecule has 1 N–H and O–H groups in total. The number of esters is 1. The number of ether oxygens (including phenoxy) is 2. The van der Waals surface area contributed by atoms with E-state index < -0.39 is 47.5 Å². The first-order valence-corrected chi connectivity index (χ1v) is 5.10. The highest BCUT2D eigenvalue weighted by atomic mass is 19.4. The molecule has 0 atom stereocenters. The molecule has 1 rings (SSSR count). The molecule has 0 amide bonds. The second-order valence-corrected chi connectivity index (χ2v) is 3.66. The first kappa shape index (κ1) is 16.9. The van der Waals surface area contributed by atoms with Gasteiger partial charge in [0.05, 0.1) is 13.5 Å². The van der Waals surface area contributed by atoms with E-state index in [1.807, 2.05) is 0 Å². The maximum Gasteiger partial charge on any atom is 0.573 e. The molecule has 1 aromatic rings. The van der Waals surface area contributed by atoms with Crippen molar-refractivity contribution in [3.05, 3.63) is 27.7 Å². The van der Waals surface area contributed by atoms with Crippen molar-refractivity contribution in [2.24, 2.45) is 0 Å². The smallest absolute Gasteiger partial charge is 0.469 e. The third-order valence-corrected chi connectivity index (χ3v) is 2.11. The molecule has 0 aliphatic rings. The number of pyridine rings is 1. The van der Waals surface area contributed by atoms with Crippen molar-refractivity contribution in [2.45, 2.75) is 19.0 Å². The van der Waals surface area contributed by atoms with Gasteiger partial charge in [0.1, 0.15) is 0 Å². The van der Waals surface area contributed by atoms with Crippen LogP contribution in [0.4, 0.5) is 26.3 Å². The third kappa shape index (κ3) is 4.68. The number of rotatable bonds is 3. The van der Waals surface area contributed by atoms with Crippen LogP contribution in [0.1, 0.15) is 11.4 Å². The molecule has 0 aliphatic carbocycles. The summed E-state index contributed by atoms with van der Waals surface area (Å²) >= 11 is 0. The number of carbonyl (C=O) groups excluding carboxylic acids is 1. The van der Waals surface area contributed by atoms with Gasteiger partial charge in [0.2, 0.25) is 11.2 Å². The first-order chi connectivity index (χ1) is 9.44. The number of hydrogen-bond acceptors (Lipinski definition) is 4. The number of nitrogens with one attached hydrogen (secondary N) is 1. The first-order valence-electron chi connectivity index (χ1n) is 5.10. The van der Waals surface area contributed by atoms with Crippen LogP contribution in [0.2, 0.25) is 0 Å². The number of methoxy groups -OCH3 is 1. The zero-order valence-corrected chi connectivity index (χ0v) is 10.2. The number of alkyl halides is 6. The fourth-order valence-electron chi connectivity index (χ4n) is 1.34. The maximum atomic E-state index is 12.7. The van der Waals surface area contributed by atoms with Gasteiger partial charge in [-0.2, -0.15) is 13.2 Å². The molecule has 21 heavy (non-hydrogen) atoms. The maximum absolute atomic E-state index is 12.7. The predicted molar refractivity (Wildman–Crippen MR) is 54.5 cm³/mol. The van der Waals surface area contributed by atoms with Gasteiger partial charge in [0.15, 0.2) is 5.69 Å². The normalized spacial score (nSPS) is 12.1. The lowest BCUT2D eigenvalue weighted by Gasteiger charge is -2.15. The average molecular weight is 319 g/mol. The van der Waals surface area contributed by atoms with Crippen molar-refractivity contribution >= 4 is 5.97 Å². The van der Waals surface area contributed by atoms with E-state index in [1.54, 1.807) is 0 Å². The summed E-state index contributed by atoms with van der Waals surface area (Å²) in [6.07, 6.45) is -11.5. The van der Waals surface area contributed by atoms with Crippen LogP contribution in [-0.4, -0.2) is 24.4 Å². The van der Waals surface area contributed by atoms with Gasteiger partial charge in [0.25, 0.3) is 0 Å². The molecule has 0 fully saturated rings. The molecule has 11 heteroatoms. The SMILES string of the molecule is COC(=O)Cc1cc(=O)c(OC(F)(F)F)c(C(F)(F)F)[nH]1. The zero-order valence-electron chi connectivity index (χ0n) is 10.2. The minimum Gasteiger partial charge on any atom is -0.469 e. The number of aromatic nitrogens is 1. The minimum absolute atomic E-state index is 0.396. The van der Waals surface area contributed by atoms with Gasteiger partial charge in [-0.05, 0) is 0 Å². The Hall–Kier alpha value is -2.20. The van der Waals surface area contributed by atoms with E-state index >= 15 is 0 Å². The van der Waals surface area contributed by atoms with Crippen LogP contribution >= 0.6 is 0 Å². The van der Waals surface area contributed by atoms with Gasteiger partial charge >= 0.3 is 18.5 Å². The lowest BCUT2D eigenvalue weighted by atomic mass is 10.2. The van der Waals surface area contributed by atoms with Crippen LogP contribution in [0.25, 0.3) is 0 Å². The highest BCUT2D eigenvalue weighted by Gasteiger charge is 2.42. The molecule has 0 aromatic carbocycles. The van der Waals surface area contributed by atoms with Crippen LogP contribution < -0.4 is 10.2 Å². The zero-order chi connectivity index (χ0) is 16.4. The predicted octanol–water partition coefficient (Wildman–Crippen LogP) is 2.01. The molecule has 0 saturated heterocycles. The van der Waals surface area contributed by atoms with Gasteiger partial charge in [-0.15, -0.1) is 13.2 Å².